The summed E-state index contributed by atoms with van der Waals surface area (Å²) >= 11 is 1.45. The third-order valence-corrected chi connectivity index (χ3v) is 5.24. The van der Waals surface area contributed by atoms with Crippen molar-refractivity contribution in [3.05, 3.63) is 46.4 Å². The van der Waals surface area contributed by atoms with Crippen LogP contribution in [0.25, 0.3) is 0 Å². The SMILES string of the molecule is CN(C)c1ccnc(C(=O)N2CCC[C@H]2CC(=O)c2cccs2)c1. The monoisotopic (exact) mass is 343 g/mol. The van der Waals surface area contributed by atoms with Crippen LogP contribution in [-0.4, -0.2) is 48.3 Å². The van der Waals surface area contributed by atoms with E-state index in [2.05, 4.69) is 4.98 Å². The Morgan fingerprint density at radius 2 is 2.21 bits per heavy atom. The fraction of sp³-hybridized carbons (Fsp3) is 0.389. The molecule has 126 valence electrons. The van der Waals surface area contributed by atoms with E-state index in [1.54, 1.807) is 12.3 Å². The van der Waals surface area contributed by atoms with Gasteiger partial charge in [0.2, 0.25) is 0 Å². The molecule has 1 amide bonds. The van der Waals surface area contributed by atoms with Gasteiger partial charge in [-0.1, -0.05) is 6.07 Å². The van der Waals surface area contributed by atoms with Gasteiger partial charge in [-0.25, -0.2) is 0 Å². The van der Waals surface area contributed by atoms with E-state index in [-0.39, 0.29) is 17.7 Å². The summed E-state index contributed by atoms with van der Waals surface area (Å²) in [6.07, 6.45) is 3.85. The molecule has 1 fully saturated rings. The van der Waals surface area contributed by atoms with Gasteiger partial charge in [0, 0.05) is 45.0 Å². The fourth-order valence-corrected chi connectivity index (χ4v) is 3.70. The number of carbonyl (C=O) groups excluding carboxylic acids is 2. The molecule has 3 heterocycles. The van der Waals surface area contributed by atoms with Crippen molar-refractivity contribution in [1.29, 1.82) is 0 Å². The van der Waals surface area contributed by atoms with Crippen molar-refractivity contribution >= 4 is 28.7 Å². The molecule has 5 nitrogen and oxygen atoms in total. The van der Waals surface area contributed by atoms with Crippen LogP contribution in [0, 0.1) is 0 Å². The van der Waals surface area contributed by atoms with E-state index in [0.717, 1.165) is 23.4 Å². The maximum Gasteiger partial charge on any atom is 0.272 e. The average Bonchev–Trinajstić information content (AvgIpc) is 3.26. The lowest BCUT2D eigenvalue weighted by Gasteiger charge is -2.24. The van der Waals surface area contributed by atoms with E-state index in [0.29, 0.717) is 18.7 Å². The fourth-order valence-electron chi connectivity index (χ4n) is 3.03. The second-order valence-corrected chi connectivity index (χ2v) is 7.14. The van der Waals surface area contributed by atoms with Crippen molar-refractivity contribution < 1.29 is 9.59 Å². The number of likely N-dealkylation sites (tertiary alicyclic amines) is 1. The zero-order valence-corrected chi connectivity index (χ0v) is 14.8. The third kappa shape index (κ3) is 3.48. The summed E-state index contributed by atoms with van der Waals surface area (Å²) < 4.78 is 0. The van der Waals surface area contributed by atoms with Crippen LogP contribution >= 0.6 is 11.3 Å². The van der Waals surface area contributed by atoms with Crippen molar-refractivity contribution in [2.75, 3.05) is 25.5 Å². The Morgan fingerprint density at radius 3 is 2.92 bits per heavy atom. The van der Waals surface area contributed by atoms with Gasteiger partial charge in [0.25, 0.3) is 5.91 Å². The van der Waals surface area contributed by atoms with Crippen molar-refractivity contribution in [1.82, 2.24) is 9.88 Å². The number of hydrogen-bond donors (Lipinski definition) is 0. The number of carbonyl (C=O) groups is 2. The lowest BCUT2D eigenvalue weighted by Crippen LogP contribution is -2.37. The molecular weight excluding hydrogens is 322 g/mol. The van der Waals surface area contributed by atoms with Gasteiger partial charge in [-0.2, -0.15) is 0 Å². The van der Waals surface area contributed by atoms with Crippen LogP contribution in [0.1, 0.15) is 39.4 Å². The second-order valence-electron chi connectivity index (χ2n) is 6.19. The maximum atomic E-state index is 12.8. The molecule has 0 radical (unpaired) electrons. The lowest BCUT2D eigenvalue weighted by molar-refractivity contribution is 0.0712. The summed E-state index contributed by atoms with van der Waals surface area (Å²) in [7, 11) is 3.86. The van der Waals surface area contributed by atoms with Crippen molar-refractivity contribution in [2.45, 2.75) is 25.3 Å². The van der Waals surface area contributed by atoms with E-state index < -0.39 is 0 Å². The second kappa shape index (κ2) is 7.13. The Labute approximate surface area is 145 Å². The smallest absolute Gasteiger partial charge is 0.272 e. The zero-order valence-electron chi connectivity index (χ0n) is 13.9. The molecule has 0 unspecified atom stereocenters. The first-order valence-corrected chi connectivity index (χ1v) is 8.95. The Kier molecular flexibility index (Phi) is 4.94. The molecule has 24 heavy (non-hydrogen) atoms. The van der Waals surface area contributed by atoms with Crippen molar-refractivity contribution in [2.24, 2.45) is 0 Å². The highest BCUT2D eigenvalue weighted by Gasteiger charge is 2.32. The van der Waals surface area contributed by atoms with E-state index in [1.165, 1.54) is 11.3 Å². The number of ketones is 1. The number of hydrogen-bond acceptors (Lipinski definition) is 5. The van der Waals surface area contributed by atoms with Crippen LogP contribution in [0.15, 0.2) is 35.8 Å². The molecule has 0 N–H and O–H groups in total. The maximum absolute atomic E-state index is 12.8. The number of rotatable bonds is 5. The van der Waals surface area contributed by atoms with Gasteiger partial charge in [-0.05, 0) is 36.4 Å². The first kappa shape index (κ1) is 16.6. The first-order valence-electron chi connectivity index (χ1n) is 8.07. The Morgan fingerprint density at radius 1 is 1.38 bits per heavy atom. The summed E-state index contributed by atoms with van der Waals surface area (Å²) in [6.45, 7) is 0.690. The predicted octanol–water partition coefficient (Wildman–Crippen LogP) is 3.09. The topological polar surface area (TPSA) is 53.5 Å². The standard InChI is InChI=1S/C18H21N3O2S/c1-20(2)13-7-8-19-15(11-13)18(23)21-9-3-5-14(21)12-16(22)17-6-4-10-24-17/h4,6-8,10-11,14H,3,5,9,12H2,1-2H3/t14-/m0/s1. The normalized spacial score (nSPS) is 17.1. The highest BCUT2D eigenvalue weighted by Crippen LogP contribution is 2.25. The number of anilines is 1. The van der Waals surface area contributed by atoms with Gasteiger partial charge >= 0.3 is 0 Å². The van der Waals surface area contributed by atoms with E-state index >= 15 is 0 Å². The number of thiophene rings is 1. The molecule has 0 spiro atoms. The predicted molar refractivity (Wildman–Crippen MR) is 95.9 cm³/mol. The van der Waals surface area contributed by atoms with Crippen LogP contribution in [0.2, 0.25) is 0 Å². The van der Waals surface area contributed by atoms with Gasteiger partial charge in [-0.15, -0.1) is 11.3 Å². The van der Waals surface area contributed by atoms with Gasteiger partial charge in [0.1, 0.15) is 5.69 Å². The van der Waals surface area contributed by atoms with E-state index in [4.69, 9.17) is 0 Å². The van der Waals surface area contributed by atoms with E-state index in [1.807, 2.05) is 47.5 Å². The zero-order chi connectivity index (χ0) is 17.1. The van der Waals surface area contributed by atoms with Gasteiger partial charge < -0.3 is 9.80 Å². The molecule has 6 heteroatoms. The third-order valence-electron chi connectivity index (χ3n) is 4.33. The molecule has 0 bridgehead atoms. The number of pyridine rings is 1. The number of amides is 1. The first-order chi connectivity index (χ1) is 11.6. The average molecular weight is 343 g/mol. The van der Waals surface area contributed by atoms with Gasteiger partial charge in [-0.3, -0.25) is 14.6 Å². The minimum Gasteiger partial charge on any atom is -0.378 e. The number of nitrogens with zero attached hydrogens (tertiary/aromatic N) is 3. The molecule has 1 aliphatic heterocycles. The van der Waals surface area contributed by atoms with Crippen LogP contribution in [-0.2, 0) is 0 Å². The summed E-state index contributed by atoms with van der Waals surface area (Å²) in [5.74, 6) is 0.0323. The summed E-state index contributed by atoms with van der Waals surface area (Å²) in [6, 6.07) is 7.37. The Balaban J connectivity index is 1.74. The Bertz CT molecular complexity index is 728. The van der Waals surface area contributed by atoms with Gasteiger partial charge in [0.05, 0.1) is 4.88 Å². The number of Topliss-reactive ketones (excluding diaryl/α,β-unsaturated/α-hetero) is 1. The molecule has 0 aliphatic carbocycles. The molecule has 0 saturated carbocycles. The van der Waals surface area contributed by atoms with Crippen molar-refractivity contribution in [3.8, 4) is 0 Å². The molecule has 1 aliphatic rings. The molecule has 2 aromatic heterocycles. The van der Waals surface area contributed by atoms with Crippen LogP contribution < -0.4 is 4.90 Å². The molecule has 1 saturated heterocycles. The summed E-state index contributed by atoms with van der Waals surface area (Å²) in [5.41, 5.74) is 1.38. The lowest BCUT2D eigenvalue weighted by atomic mass is 10.1. The number of aromatic nitrogens is 1. The quantitative estimate of drug-likeness (QED) is 0.783. The summed E-state index contributed by atoms with van der Waals surface area (Å²) in [4.78, 5) is 33.9. The molecule has 1 atom stereocenters. The molecular formula is C18H21N3O2S. The van der Waals surface area contributed by atoms with Crippen LogP contribution in [0.5, 0.6) is 0 Å². The molecule has 3 rings (SSSR count). The highest BCUT2D eigenvalue weighted by atomic mass is 32.1. The summed E-state index contributed by atoms with van der Waals surface area (Å²) in [5, 5.41) is 1.90. The Hall–Kier alpha value is -2.21. The van der Waals surface area contributed by atoms with Gasteiger partial charge in [0.15, 0.2) is 5.78 Å². The van der Waals surface area contributed by atoms with Crippen LogP contribution in [0.3, 0.4) is 0 Å². The van der Waals surface area contributed by atoms with Crippen LogP contribution in [0.4, 0.5) is 5.69 Å². The molecule has 2 aromatic rings. The largest absolute Gasteiger partial charge is 0.378 e. The molecule has 0 aromatic carbocycles. The van der Waals surface area contributed by atoms with E-state index in [9.17, 15) is 9.59 Å². The highest BCUT2D eigenvalue weighted by molar-refractivity contribution is 7.12. The van der Waals surface area contributed by atoms with Crippen molar-refractivity contribution in [3.63, 3.8) is 0 Å². The minimum atomic E-state index is -0.0832. The minimum absolute atomic E-state index is 0.0306.